The van der Waals surface area contributed by atoms with E-state index in [1.807, 2.05) is 18.2 Å². The Balaban J connectivity index is 2.14. The van der Waals surface area contributed by atoms with Crippen LogP contribution in [0, 0.1) is 16.7 Å². The van der Waals surface area contributed by atoms with Crippen molar-refractivity contribution in [2.75, 3.05) is 13.7 Å². The lowest BCUT2D eigenvalue weighted by atomic mass is 10.0. The summed E-state index contributed by atoms with van der Waals surface area (Å²) in [6, 6.07) is 8.28. The van der Waals surface area contributed by atoms with Gasteiger partial charge in [0.1, 0.15) is 0 Å². The van der Waals surface area contributed by atoms with E-state index in [0.717, 1.165) is 42.7 Å². The number of rotatable bonds is 8. The topological polar surface area (TPSA) is 68.3 Å². The minimum atomic E-state index is 0.0553. The van der Waals surface area contributed by atoms with Crippen molar-refractivity contribution in [3.63, 3.8) is 0 Å². The third-order valence-electron chi connectivity index (χ3n) is 4.22. The molecule has 1 fully saturated rings. The highest BCUT2D eigenvalue weighted by Gasteiger charge is 2.43. The fourth-order valence-electron chi connectivity index (χ4n) is 2.42. The van der Waals surface area contributed by atoms with E-state index in [0.29, 0.717) is 13.0 Å². The summed E-state index contributed by atoms with van der Waals surface area (Å²) in [5.41, 5.74) is 7.20. The molecule has 1 aromatic carbocycles. The number of nitriles is 1. The van der Waals surface area contributed by atoms with Gasteiger partial charge in [-0.1, -0.05) is 19.1 Å². The van der Waals surface area contributed by atoms with E-state index >= 15 is 0 Å². The lowest BCUT2D eigenvalue weighted by molar-refractivity contribution is 0.224. The number of hydrogen-bond donors (Lipinski definition) is 1. The van der Waals surface area contributed by atoms with Crippen LogP contribution >= 0.6 is 0 Å². The maximum absolute atomic E-state index is 8.90. The Kier molecular flexibility index (Phi) is 5.08. The minimum Gasteiger partial charge on any atom is -0.493 e. The molecule has 1 saturated carbocycles. The molecule has 1 aliphatic rings. The number of para-hydroxylation sites is 1. The second kappa shape index (κ2) is 6.82. The molecule has 1 atom stereocenters. The Morgan fingerprint density at radius 2 is 2.19 bits per heavy atom. The Bertz CT molecular complexity index is 518. The van der Waals surface area contributed by atoms with Gasteiger partial charge in [-0.2, -0.15) is 5.26 Å². The molecule has 0 radical (unpaired) electrons. The third-order valence-corrected chi connectivity index (χ3v) is 4.22. The molecule has 0 bridgehead atoms. The van der Waals surface area contributed by atoms with Crippen molar-refractivity contribution < 1.29 is 9.47 Å². The van der Waals surface area contributed by atoms with E-state index < -0.39 is 0 Å². The standard InChI is InChI=1S/C17H24N2O2/c1-3-14(19)11-13-5-4-6-15(20-2)16(13)21-12-17(7-8-17)9-10-18/h4-6,14H,3,7-9,11-12,19H2,1-2H3. The smallest absolute Gasteiger partial charge is 0.164 e. The molecule has 114 valence electrons. The predicted molar refractivity (Wildman–Crippen MR) is 82.4 cm³/mol. The van der Waals surface area contributed by atoms with Crippen LogP contribution in [0.1, 0.15) is 38.2 Å². The van der Waals surface area contributed by atoms with Gasteiger partial charge in [0.25, 0.3) is 0 Å². The number of ether oxygens (including phenoxy) is 2. The Labute approximate surface area is 126 Å². The molecular weight excluding hydrogens is 264 g/mol. The first-order chi connectivity index (χ1) is 10.1. The molecule has 1 aromatic rings. The van der Waals surface area contributed by atoms with E-state index in [-0.39, 0.29) is 11.5 Å². The molecule has 0 aromatic heterocycles. The van der Waals surface area contributed by atoms with E-state index in [9.17, 15) is 0 Å². The van der Waals surface area contributed by atoms with Crippen molar-refractivity contribution in [1.82, 2.24) is 0 Å². The molecule has 0 aliphatic heterocycles. The third kappa shape index (κ3) is 3.89. The van der Waals surface area contributed by atoms with Gasteiger partial charge in [-0.25, -0.2) is 0 Å². The Morgan fingerprint density at radius 3 is 2.76 bits per heavy atom. The van der Waals surface area contributed by atoms with Gasteiger partial charge in [-0.15, -0.1) is 0 Å². The van der Waals surface area contributed by atoms with Crippen LogP contribution in [0.3, 0.4) is 0 Å². The van der Waals surface area contributed by atoms with Crippen molar-refractivity contribution in [1.29, 1.82) is 5.26 Å². The number of methoxy groups -OCH3 is 1. The summed E-state index contributed by atoms with van der Waals surface area (Å²) < 4.78 is 11.5. The summed E-state index contributed by atoms with van der Waals surface area (Å²) in [4.78, 5) is 0. The highest BCUT2D eigenvalue weighted by atomic mass is 16.5. The molecule has 1 unspecified atom stereocenters. The average Bonchev–Trinajstić information content (AvgIpc) is 3.26. The molecule has 0 spiro atoms. The molecule has 0 saturated heterocycles. The summed E-state index contributed by atoms with van der Waals surface area (Å²) in [7, 11) is 1.65. The van der Waals surface area contributed by atoms with Crippen LogP contribution in [0.2, 0.25) is 0 Å². The highest BCUT2D eigenvalue weighted by molar-refractivity contribution is 5.47. The van der Waals surface area contributed by atoms with Crippen LogP contribution in [-0.4, -0.2) is 19.8 Å². The summed E-state index contributed by atoms with van der Waals surface area (Å²) >= 11 is 0. The van der Waals surface area contributed by atoms with Gasteiger partial charge in [-0.05, 0) is 37.3 Å². The first-order valence-corrected chi connectivity index (χ1v) is 7.55. The second-order valence-electron chi connectivity index (χ2n) is 5.94. The largest absolute Gasteiger partial charge is 0.493 e. The summed E-state index contributed by atoms with van der Waals surface area (Å²) in [6.45, 7) is 2.66. The maximum Gasteiger partial charge on any atom is 0.164 e. The summed E-state index contributed by atoms with van der Waals surface area (Å²) in [6.07, 6.45) is 4.40. The predicted octanol–water partition coefficient (Wildman–Crippen LogP) is 3.05. The first kappa shape index (κ1) is 15.7. The van der Waals surface area contributed by atoms with Crippen molar-refractivity contribution in [2.24, 2.45) is 11.1 Å². The molecule has 21 heavy (non-hydrogen) atoms. The normalized spacial score (nSPS) is 16.9. The van der Waals surface area contributed by atoms with Gasteiger partial charge in [0.15, 0.2) is 11.5 Å². The Morgan fingerprint density at radius 1 is 1.43 bits per heavy atom. The molecular formula is C17H24N2O2. The van der Waals surface area contributed by atoms with Gasteiger partial charge in [0.05, 0.1) is 19.8 Å². The van der Waals surface area contributed by atoms with Crippen molar-refractivity contribution in [3.05, 3.63) is 23.8 Å². The van der Waals surface area contributed by atoms with Crippen LogP contribution in [-0.2, 0) is 6.42 Å². The maximum atomic E-state index is 8.90. The van der Waals surface area contributed by atoms with E-state index in [2.05, 4.69) is 13.0 Å². The number of hydrogen-bond acceptors (Lipinski definition) is 4. The minimum absolute atomic E-state index is 0.0553. The molecule has 4 nitrogen and oxygen atoms in total. The molecule has 0 amide bonds. The van der Waals surface area contributed by atoms with E-state index in [1.54, 1.807) is 7.11 Å². The average molecular weight is 288 g/mol. The first-order valence-electron chi connectivity index (χ1n) is 7.55. The zero-order valence-electron chi connectivity index (χ0n) is 12.9. The van der Waals surface area contributed by atoms with Crippen LogP contribution < -0.4 is 15.2 Å². The number of benzene rings is 1. The van der Waals surface area contributed by atoms with Crippen molar-refractivity contribution in [3.8, 4) is 17.6 Å². The van der Waals surface area contributed by atoms with Gasteiger partial charge < -0.3 is 15.2 Å². The van der Waals surface area contributed by atoms with Gasteiger partial charge in [-0.3, -0.25) is 0 Å². The fraction of sp³-hybridized carbons (Fsp3) is 0.588. The van der Waals surface area contributed by atoms with Gasteiger partial charge in [0, 0.05) is 17.9 Å². The monoisotopic (exact) mass is 288 g/mol. The quantitative estimate of drug-likeness (QED) is 0.798. The molecule has 1 aliphatic carbocycles. The van der Waals surface area contributed by atoms with Gasteiger partial charge >= 0.3 is 0 Å². The summed E-state index contributed by atoms with van der Waals surface area (Å²) in [5.74, 6) is 1.52. The molecule has 0 heterocycles. The van der Waals surface area contributed by atoms with E-state index in [4.69, 9.17) is 20.5 Å². The Hall–Kier alpha value is -1.73. The zero-order chi connectivity index (χ0) is 15.3. The van der Waals surface area contributed by atoms with Crippen LogP contribution in [0.25, 0.3) is 0 Å². The van der Waals surface area contributed by atoms with Crippen molar-refractivity contribution in [2.45, 2.75) is 45.1 Å². The highest BCUT2D eigenvalue weighted by Crippen LogP contribution is 2.49. The van der Waals surface area contributed by atoms with Crippen LogP contribution in [0.4, 0.5) is 0 Å². The van der Waals surface area contributed by atoms with Crippen LogP contribution in [0.15, 0.2) is 18.2 Å². The van der Waals surface area contributed by atoms with Crippen LogP contribution in [0.5, 0.6) is 11.5 Å². The van der Waals surface area contributed by atoms with E-state index in [1.165, 1.54) is 0 Å². The number of nitrogens with zero attached hydrogens (tertiary/aromatic N) is 1. The molecule has 2 N–H and O–H groups in total. The number of nitrogens with two attached hydrogens (primary N) is 1. The second-order valence-corrected chi connectivity index (χ2v) is 5.94. The lowest BCUT2D eigenvalue weighted by Crippen LogP contribution is -2.22. The SMILES string of the molecule is CCC(N)Cc1cccc(OC)c1OCC1(CC#N)CC1. The summed E-state index contributed by atoms with van der Waals surface area (Å²) in [5, 5.41) is 8.90. The lowest BCUT2D eigenvalue weighted by Gasteiger charge is -2.19. The molecule has 4 heteroatoms. The van der Waals surface area contributed by atoms with Crippen molar-refractivity contribution >= 4 is 0 Å². The molecule has 2 rings (SSSR count). The fourth-order valence-corrected chi connectivity index (χ4v) is 2.42. The zero-order valence-corrected chi connectivity index (χ0v) is 12.9. The van der Waals surface area contributed by atoms with Gasteiger partial charge in [0.2, 0.25) is 0 Å².